The number of aromatic nitrogens is 2. The molecule has 1 aromatic heterocycles. The van der Waals surface area contributed by atoms with E-state index >= 15 is 0 Å². The van der Waals surface area contributed by atoms with E-state index in [1.165, 1.54) is 0 Å². The Morgan fingerprint density at radius 3 is 3.09 bits per heavy atom. The van der Waals surface area contributed by atoms with Gasteiger partial charge in [0.25, 0.3) is 0 Å². The summed E-state index contributed by atoms with van der Waals surface area (Å²) >= 11 is 0. The fourth-order valence-electron chi connectivity index (χ4n) is 3.42. The summed E-state index contributed by atoms with van der Waals surface area (Å²) in [6, 6.07) is 10.5. The minimum absolute atomic E-state index is 0.0867. The topological polar surface area (TPSA) is 62.0 Å². The number of rotatable bonds is 1. The third-order valence-electron chi connectivity index (χ3n) is 4.62. The molecule has 1 atom stereocenters. The molecule has 1 fully saturated rings. The monoisotopic (exact) mass is 306 g/mol. The Labute approximate surface area is 135 Å². The first-order chi connectivity index (χ1) is 11.3. The Hall–Kier alpha value is -2.61. The lowest BCUT2D eigenvalue weighted by Gasteiger charge is -2.32. The molecule has 0 spiro atoms. The molecule has 0 saturated carbocycles. The quantitative estimate of drug-likeness (QED) is 0.810. The van der Waals surface area contributed by atoms with E-state index in [-0.39, 0.29) is 5.92 Å². The lowest BCUT2D eigenvalue weighted by Crippen LogP contribution is -2.36. The lowest BCUT2D eigenvalue weighted by molar-refractivity contribution is 0.302. The van der Waals surface area contributed by atoms with Crippen LogP contribution in [0, 0.1) is 17.2 Å². The molecule has 5 heteroatoms. The molecule has 0 amide bonds. The Kier molecular flexibility index (Phi) is 3.58. The van der Waals surface area contributed by atoms with E-state index in [2.05, 4.69) is 27.0 Å². The second kappa shape index (κ2) is 5.88. The van der Waals surface area contributed by atoms with Gasteiger partial charge in [-0.25, -0.2) is 9.97 Å². The summed E-state index contributed by atoms with van der Waals surface area (Å²) in [5, 5.41) is 9.24. The molecule has 4 rings (SSSR count). The van der Waals surface area contributed by atoms with E-state index < -0.39 is 0 Å². The van der Waals surface area contributed by atoms with Crippen LogP contribution < -0.4 is 9.64 Å². The van der Waals surface area contributed by atoms with Gasteiger partial charge < -0.3 is 9.64 Å². The third kappa shape index (κ3) is 2.61. The molecule has 116 valence electrons. The van der Waals surface area contributed by atoms with E-state index in [1.807, 2.05) is 18.2 Å². The van der Waals surface area contributed by atoms with Crippen molar-refractivity contribution in [1.82, 2.24) is 9.97 Å². The predicted molar refractivity (Wildman–Crippen MR) is 86.2 cm³/mol. The standard InChI is InChI=1S/C18H18N4O/c19-9-13-4-3-7-22(10-13)18-15-8-14-5-1-2-6-17(14)23-11-16(15)20-12-21-18/h1-2,5-6,12-13H,3-4,7-8,10-11H2. The van der Waals surface area contributed by atoms with E-state index in [0.29, 0.717) is 6.61 Å². The number of para-hydroxylation sites is 1. The number of nitriles is 1. The second-order valence-corrected chi connectivity index (χ2v) is 6.11. The average Bonchev–Trinajstić information content (AvgIpc) is 2.81. The highest BCUT2D eigenvalue weighted by Crippen LogP contribution is 2.32. The van der Waals surface area contributed by atoms with E-state index in [4.69, 9.17) is 4.74 Å². The van der Waals surface area contributed by atoms with Crippen LogP contribution in [0.25, 0.3) is 0 Å². The van der Waals surface area contributed by atoms with Crippen molar-refractivity contribution < 1.29 is 4.74 Å². The molecular formula is C18H18N4O. The first kappa shape index (κ1) is 14.0. The van der Waals surface area contributed by atoms with Crippen LogP contribution in [0.2, 0.25) is 0 Å². The first-order valence-corrected chi connectivity index (χ1v) is 8.03. The van der Waals surface area contributed by atoms with Gasteiger partial charge >= 0.3 is 0 Å². The fourth-order valence-corrected chi connectivity index (χ4v) is 3.42. The van der Waals surface area contributed by atoms with E-state index in [1.54, 1.807) is 6.33 Å². The molecule has 1 unspecified atom stereocenters. The highest BCUT2D eigenvalue weighted by molar-refractivity contribution is 5.53. The van der Waals surface area contributed by atoms with Crippen LogP contribution in [0.15, 0.2) is 30.6 Å². The number of benzene rings is 1. The Balaban J connectivity index is 1.73. The summed E-state index contributed by atoms with van der Waals surface area (Å²) in [5.41, 5.74) is 3.25. The van der Waals surface area contributed by atoms with Crippen LogP contribution in [-0.4, -0.2) is 23.1 Å². The molecule has 0 N–H and O–H groups in total. The largest absolute Gasteiger partial charge is 0.487 e. The number of fused-ring (bicyclic) bond motifs is 2. The van der Waals surface area contributed by atoms with Gasteiger partial charge in [-0.15, -0.1) is 0 Å². The molecule has 1 aromatic carbocycles. The molecule has 0 bridgehead atoms. The SMILES string of the molecule is N#CC1CCCN(c2ncnc3c2Cc2ccccc2OC3)C1. The number of ether oxygens (including phenoxy) is 1. The van der Waals surface area contributed by atoms with Crippen molar-refractivity contribution in [3.05, 3.63) is 47.4 Å². The van der Waals surface area contributed by atoms with Gasteiger partial charge in [-0.2, -0.15) is 5.26 Å². The highest BCUT2D eigenvalue weighted by Gasteiger charge is 2.26. The number of hydrogen-bond acceptors (Lipinski definition) is 5. The molecule has 2 aromatic rings. The van der Waals surface area contributed by atoms with E-state index in [9.17, 15) is 5.26 Å². The van der Waals surface area contributed by atoms with Crippen LogP contribution >= 0.6 is 0 Å². The van der Waals surface area contributed by atoms with Crippen molar-refractivity contribution >= 4 is 5.82 Å². The van der Waals surface area contributed by atoms with E-state index in [0.717, 1.165) is 60.7 Å². The zero-order chi connectivity index (χ0) is 15.6. The van der Waals surface area contributed by atoms with Crippen LogP contribution in [0.5, 0.6) is 5.75 Å². The number of piperidine rings is 1. The maximum atomic E-state index is 9.24. The molecule has 5 nitrogen and oxygen atoms in total. The van der Waals surface area contributed by atoms with Gasteiger partial charge in [-0.05, 0) is 24.5 Å². The molecule has 2 aliphatic rings. The summed E-state index contributed by atoms with van der Waals surface area (Å²) in [7, 11) is 0. The molecule has 23 heavy (non-hydrogen) atoms. The van der Waals surface area contributed by atoms with Gasteiger partial charge in [0.05, 0.1) is 17.7 Å². The Morgan fingerprint density at radius 1 is 1.26 bits per heavy atom. The van der Waals surface area contributed by atoms with Gasteiger partial charge in [-0.1, -0.05) is 18.2 Å². The molecule has 1 saturated heterocycles. The average molecular weight is 306 g/mol. The lowest BCUT2D eigenvalue weighted by atomic mass is 9.98. The van der Waals surface area contributed by atoms with Gasteiger partial charge in [-0.3, -0.25) is 0 Å². The van der Waals surface area contributed by atoms with Crippen LogP contribution in [0.1, 0.15) is 29.7 Å². The minimum Gasteiger partial charge on any atom is -0.487 e. The summed E-state index contributed by atoms with van der Waals surface area (Å²) in [6.45, 7) is 2.17. The Morgan fingerprint density at radius 2 is 2.17 bits per heavy atom. The van der Waals surface area contributed by atoms with Crippen LogP contribution in [0.3, 0.4) is 0 Å². The molecule has 2 aliphatic heterocycles. The van der Waals surface area contributed by atoms with Crippen molar-refractivity contribution in [3.8, 4) is 11.8 Å². The van der Waals surface area contributed by atoms with Crippen molar-refractivity contribution in [3.63, 3.8) is 0 Å². The number of hydrogen-bond donors (Lipinski definition) is 0. The zero-order valence-corrected chi connectivity index (χ0v) is 12.9. The van der Waals surface area contributed by atoms with Crippen molar-refractivity contribution in [2.45, 2.75) is 25.9 Å². The summed E-state index contributed by atoms with van der Waals surface area (Å²) in [6.07, 6.45) is 4.40. The number of nitrogens with zero attached hydrogens (tertiary/aromatic N) is 4. The molecule has 0 aliphatic carbocycles. The van der Waals surface area contributed by atoms with Crippen LogP contribution in [0.4, 0.5) is 5.82 Å². The zero-order valence-electron chi connectivity index (χ0n) is 12.9. The maximum Gasteiger partial charge on any atom is 0.135 e. The smallest absolute Gasteiger partial charge is 0.135 e. The Bertz CT molecular complexity index is 768. The van der Waals surface area contributed by atoms with Crippen molar-refractivity contribution in [1.29, 1.82) is 5.26 Å². The first-order valence-electron chi connectivity index (χ1n) is 8.03. The van der Waals surface area contributed by atoms with Crippen molar-refractivity contribution in [2.24, 2.45) is 5.92 Å². The third-order valence-corrected chi connectivity index (χ3v) is 4.62. The summed E-state index contributed by atoms with van der Waals surface area (Å²) in [5.74, 6) is 1.98. The predicted octanol–water partition coefficient (Wildman–Crippen LogP) is 2.70. The van der Waals surface area contributed by atoms with Gasteiger partial charge in [0.2, 0.25) is 0 Å². The summed E-state index contributed by atoms with van der Waals surface area (Å²) < 4.78 is 5.90. The van der Waals surface area contributed by atoms with Gasteiger partial charge in [0, 0.05) is 25.1 Å². The van der Waals surface area contributed by atoms with Crippen LogP contribution in [-0.2, 0) is 13.0 Å². The highest BCUT2D eigenvalue weighted by atomic mass is 16.5. The minimum atomic E-state index is 0.0867. The van der Waals surface area contributed by atoms with Crippen molar-refractivity contribution in [2.75, 3.05) is 18.0 Å². The molecular weight excluding hydrogens is 288 g/mol. The summed E-state index contributed by atoms with van der Waals surface area (Å²) in [4.78, 5) is 11.2. The fraction of sp³-hybridized carbons (Fsp3) is 0.389. The second-order valence-electron chi connectivity index (χ2n) is 6.11. The maximum absolute atomic E-state index is 9.24. The van der Waals surface area contributed by atoms with Gasteiger partial charge in [0.1, 0.15) is 24.5 Å². The number of anilines is 1. The van der Waals surface area contributed by atoms with Gasteiger partial charge in [0.15, 0.2) is 0 Å². The normalized spacial score (nSPS) is 19.8. The molecule has 0 radical (unpaired) electrons. The molecule has 3 heterocycles.